The third kappa shape index (κ3) is 5.57. The van der Waals surface area contributed by atoms with Crippen LogP contribution in [-0.4, -0.2) is 44.3 Å². The van der Waals surface area contributed by atoms with E-state index in [-0.39, 0.29) is 40.0 Å². The van der Waals surface area contributed by atoms with E-state index in [1.54, 1.807) is 37.3 Å². The second kappa shape index (κ2) is 10.7. The highest BCUT2D eigenvalue weighted by Crippen LogP contribution is 2.28. The number of aliphatic hydroxyl groups excluding tert-OH is 1. The first kappa shape index (κ1) is 25.7. The Bertz CT molecular complexity index is 1480. The molecule has 1 atom stereocenters. The van der Waals surface area contributed by atoms with Gasteiger partial charge in [-0.15, -0.1) is 0 Å². The van der Waals surface area contributed by atoms with Crippen molar-refractivity contribution in [3.63, 3.8) is 0 Å². The maximum Gasteiger partial charge on any atom is 0.272 e. The van der Waals surface area contributed by atoms with Crippen LogP contribution in [0.1, 0.15) is 27.8 Å². The number of benzene rings is 2. The van der Waals surface area contributed by atoms with Gasteiger partial charge in [-0.2, -0.15) is 5.10 Å². The van der Waals surface area contributed by atoms with Gasteiger partial charge in [0.05, 0.1) is 22.9 Å². The van der Waals surface area contributed by atoms with Crippen molar-refractivity contribution in [1.82, 2.24) is 20.1 Å². The Hall–Kier alpha value is -4.35. The van der Waals surface area contributed by atoms with E-state index in [0.29, 0.717) is 11.8 Å². The van der Waals surface area contributed by atoms with Crippen molar-refractivity contribution in [3.05, 3.63) is 88.6 Å². The molecule has 2 aromatic carbocycles. The smallest absolute Gasteiger partial charge is 0.272 e. The lowest BCUT2D eigenvalue weighted by molar-refractivity contribution is 0.0916. The minimum absolute atomic E-state index is 0.00707. The fourth-order valence-corrected chi connectivity index (χ4v) is 3.61. The average Bonchev–Trinajstić information content (AvgIpc) is 3.31. The Morgan fingerprint density at radius 3 is 2.51 bits per heavy atom. The fraction of sp³-hybridized carbons (Fsp3) is 0.120. The van der Waals surface area contributed by atoms with Gasteiger partial charge >= 0.3 is 0 Å². The molecule has 0 bridgehead atoms. The van der Waals surface area contributed by atoms with E-state index in [1.165, 1.54) is 28.9 Å². The lowest BCUT2D eigenvalue weighted by Gasteiger charge is -2.11. The van der Waals surface area contributed by atoms with Crippen LogP contribution in [0.25, 0.3) is 16.9 Å². The molecule has 0 saturated heterocycles. The second-order valence-corrected chi connectivity index (χ2v) is 8.46. The van der Waals surface area contributed by atoms with Crippen molar-refractivity contribution >= 4 is 35.1 Å². The molecule has 0 aliphatic carbocycles. The third-order valence-corrected chi connectivity index (χ3v) is 5.61. The van der Waals surface area contributed by atoms with Gasteiger partial charge in [0, 0.05) is 23.7 Å². The normalized spacial score (nSPS) is 11.7. The molecule has 2 aromatic heterocycles. The summed E-state index contributed by atoms with van der Waals surface area (Å²) in [4.78, 5) is 29.6. The van der Waals surface area contributed by atoms with Crippen molar-refractivity contribution in [2.45, 2.75) is 13.0 Å². The molecule has 0 spiro atoms. The Morgan fingerprint density at radius 1 is 1.08 bits per heavy atom. The molecule has 4 rings (SSSR count). The molecule has 4 aromatic rings. The molecule has 0 saturated carbocycles. The number of aromatic nitrogens is 3. The van der Waals surface area contributed by atoms with Crippen LogP contribution in [0.5, 0.6) is 0 Å². The number of pyridine rings is 1. The lowest BCUT2D eigenvalue weighted by atomic mass is 10.1. The van der Waals surface area contributed by atoms with Gasteiger partial charge in [-0.1, -0.05) is 35.9 Å². The first-order valence-electron chi connectivity index (χ1n) is 11.0. The summed E-state index contributed by atoms with van der Waals surface area (Å²) in [5.74, 6) is -3.55. The number of hydrogen-bond donors (Lipinski definition) is 4. The van der Waals surface area contributed by atoms with Gasteiger partial charge in [-0.3, -0.25) is 9.59 Å². The quantitative estimate of drug-likeness (QED) is 0.289. The average molecular weight is 527 g/mol. The maximum atomic E-state index is 14.4. The Balaban J connectivity index is 1.70. The van der Waals surface area contributed by atoms with Crippen LogP contribution in [0, 0.1) is 11.6 Å². The third-order valence-electron chi connectivity index (χ3n) is 5.28. The van der Waals surface area contributed by atoms with Crippen molar-refractivity contribution in [3.8, 4) is 16.9 Å². The van der Waals surface area contributed by atoms with E-state index in [4.69, 9.17) is 17.3 Å². The Labute approximate surface area is 214 Å². The van der Waals surface area contributed by atoms with E-state index in [1.807, 2.05) is 0 Å². The molecular weight excluding hydrogens is 506 g/mol. The van der Waals surface area contributed by atoms with Gasteiger partial charge in [-0.05, 0) is 31.2 Å². The molecule has 0 aliphatic rings. The zero-order valence-electron chi connectivity index (χ0n) is 19.4. The standard InChI is InChI=1S/C25H21ClF2N6O3/c1-13(12-35)30-25(37)20-11-21(34(33-20)15-5-3-2-4-6-15)31-24(36)16-9-14(7-8-17(16)26)22-18(27)10-19(28)23(29)32-22/h2-11,13,35H,12H2,1H3,(H2,29,32)(H,30,37)(H,31,36). The van der Waals surface area contributed by atoms with Gasteiger partial charge in [0.2, 0.25) is 0 Å². The van der Waals surface area contributed by atoms with Gasteiger partial charge in [0.15, 0.2) is 23.1 Å². The molecule has 5 N–H and O–H groups in total. The predicted octanol–water partition coefficient (Wildman–Crippen LogP) is 3.81. The number of nitrogens with one attached hydrogen (secondary N) is 2. The van der Waals surface area contributed by atoms with Crippen molar-refractivity contribution < 1.29 is 23.5 Å². The summed E-state index contributed by atoms with van der Waals surface area (Å²) in [7, 11) is 0. The summed E-state index contributed by atoms with van der Waals surface area (Å²) in [5.41, 5.74) is 5.88. The molecule has 0 fully saturated rings. The van der Waals surface area contributed by atoms with E-state index >= 15 is 0 Å². The number of nitrogens with two attached hydrogens (primary N) is 1. The van der Waals surface area contributed by atoms with Gasteiger partial charge < -0.3 is 21.5 Å². The van der Waals surface area contributed by atoms with Crippen LogP contribution in [-0.2, 0) is 0 Å². The minimum atomic E-state index is -1.00. The predicted molar refractivity (Wildman–Crippen MR) is 135 cm³/mol. The number of halogens is 3. The Kier molecular flexibility index (Phi) is 7.46. The molecule has 2 amide bonds. The molecule has 9 nitrogen and oxygen atoms in total. The highest BCUT2D eigenvalue weighted by molar-refractivity contribution is 6.34. The maximum absolute atomic E-state index is 14.4. The van der Waals surface area contributed by atoms with E-state index in [9.17, 15) is 23.5 Å². The van der Waals surface area contributed by atoms with Gasteiger partial charge in [0.1, 0.15) is 11.5 Å². The summed E-state index contributed by atoms with van der Waals surface area (Å²) in [6.07, 6.45) is 0. The topological polar surface area (TPSA) is 135 Å². The number of nitrogen functional groups attached to an aromatic ring is 1. The van der Waals surface area contributed by atoms with Crippen LogP contribution in [0.3, 0.4) is 0 Å². The van der Waals surface area contributed by atoms with Crippen molar-refractivity contribution in [2.75, 3.05) is 17.7 Å². The van der Waals surface area contributed by atoms with Crippen LogP contribution in [0.4, 0.5) is 20.4 Å². The fourth-order valence-electron chi connectivity index (χ4n) is 3.40. The number of aliphatic hydroxyl groups is 1. The molecule has 1 unspecified atom stereocenters. The zero-order valence-corrected chi connectivity index (χ0v) is 20.1. The molecular formula is C25H21ClF2N6O3. The van der Waals surface area contributed by atoms with Crippen molar-refractivity contribution in [2.24, 2.45) is 0 Å². The first-order valence-corrected chi connectivity index (χ1v) is 11.4. The first-order chi connectivity index (χ1) is 17.7. The summed E-state index contributed by atoms with van der Waals surface area (Å²) in [6, 6.07) is 14.3. The summed E-state index contributed by atoms with van der Waals surface area (Å²) in [6.45, 7) is 1.36. The summed E-state index contributed by atoms with van der Waals surface area (Å²) < 4.78 is 29.3. The number of carbonyl (C=O) groups is 2. The molecule has 0 radical (unpaired) electrons. The number of amides is 2. The number of anilines is 2. The number of hydrogen-bond acceptors (Lipinski definition) is 6. The largest absolute Gasteiger partial charge is 0.394 e. The molecule has 37 heavy (non-hydrogen) atoms. The SMILES string of the molecule is CC(CO)NC(=O)c1cc(NC(=O)c2cc(-c3nc(N)c(F)cc3F)ccc2Cl)n(-c2ccccc2)n1. The van der Waals surface area contributed by atoms with E-state index in [2.05, 4.69) is 20.7 Å². The van der Waals surface area contributed by atoms with E-state index < -0.39 is 35.3 Å². The highest BCUT2D eigenvalue weighted by atomic mass is 35.5. The zero-order chi connectivity index (χ0) is 26.7. The highest BCUT2D eigenvalue weighted by Gasteiger charge is 2.21. The van der Waals surface area contributed by atoms with Gasteiger partial charge in [-0.25, -0.2) is 18.4 Å². The summed E-state index contributed by atoms with van der Waals surface area (Å²) >= 11 is 6.26. The minimum Gasteiger partial charge on any atom is -0.394 e. The van der Waals surface area contributed by atoms with Crippen LogP contribution in [0.15, 0.2) is 60.7 Å². The molecule has 2 heterocycles. The molecule has 190 valence electrons. The monoisotopic (exact) mass is 526 g/mol. The van der Waals surface area contributed by atoms with E-state index in [0.717, 1.165) is 0 Å². The van der Waals surface area contributed by atoms with Crippen molar-refractivity contribution in [1.29, 1.82) is 0 Å². The number of nitrogens with zero attached hydrogens (tertiary/aromatic N) is 3. The van der Waals surface area contributed by atoms with Gasteiger partial charge in [0.25, 0.3) is 11.8 Å². The van der Waals surface area contributed by atoms with Crippen LogP contribution in [0.2, 0.25) is 5.02 Å². The number of para-hydroxylation sites is 1. The number of rotatable bonds is 7. The van der Waals surface area contributed by atoms with Crippen LogP contribution >= 0.6 is 11.6 Å². The molecule has 12 heteroatoms. The van der Waals surface area contributed by atoms with Crippen LogP contribution < -0.4 is 16.4 Å². The number of carbonyl (C=O) groups excluding carboxylic acids is 2. The lowest BCUT2D eigenvalue weighted by Crippen LogP contribution is -2.35. The molecule has 0 aliphatic heterocycles. The summed E-state index contributed by atoms with van der Waals surface area (Å²) in [5, 5.41) is 18.8. The Morgan fingerprint density at radius 2 is 1.81 bits per heavy atom. The second-order valence-electron chi connectivity index (χ2n) is 8.05.